The number of nitrogens with zero attached hydrogens (tertiary/aromatic N) is 1. The summed E-state index contributed by atoms with van der Waals surface area (Å²) in [6.45, 7) is 0.866. The van der Waals surface area contributed by atoms with Crippen LogP contribution in [0, 0.1) is 0 Å². The first-order valence-corrected chi connectivity index (χ1v) is 10.9. The molecule has 134 valence electrons. The van der Waals surface area contributed by atoms with Gasteiger partial charge in [-0.1, -0.05) is 22.0 Å². The van der Waals surface area contributed by atoms with Crippen LogP contribution in [0.1, 0.15) is 23.2 Å². The van der Waals surface area contributed by atoms with E-state index in [0.717, 1.165) is 0 Å². The summed E-state index contributed by atoms with van der Waals surface area (Å²) in [5.74, 6) is -0.313. The number of hydrogen-bond acceptors (Lipinski definition) is 5. The quantitative estimate of drug-likeness (QED) is 0.758. The van der Waals surface area contributed by atoms with Gasteiger partial charge in [-0.25, -0.2) is 13.1 Å². The highest BCUT2D eigenvalue weighted by molar-refractivity contribution is 9.10. The molecule has 1 aromatic heterocycles. The Bertz CT molecular complexity index is 860. The standard InChI is InChI=1S/C16H17BrN2O4S2/c17-11-3-4-14(20)13(10-11)16(21)19-7-5-12(6-8-19)18-25(22,23)15-2-1-9-24-15/h1-4,9-10,12,18,20H,5-8H2. The fourth-order valence-electron chi connectivity index (χ4n) is 2.74. The molecule has 3 rings (SSSR count). The second kappa shape index (κ2) is 7.45. The van der Waals surface area contributed by atoms with Crippen LogP contribution >= 0.6 is 27.3 Å². The van der Waals surface area contributed by atoms with Crippen LogP contribution < -0.4 is 4.72 Å². The van der Waals surface area contributed by atoms with Crippen LogP contribution in [0.25, 0.3) is 0 Å². The van der Waals surface area contributed by atoms with Gasteiger partial charge in [0.25, 0.3) is 5.91 Å². The molecule has 2 aromatic rings. The van der Waals surface area contributed by atoms with Crippen molar-refractivity contribution in [3.63, 3.8) is 0 Å². The zero-order chi connectivity index (χ0) is 18.0. The topological polar surface area (TPSA) is 86.7 Å². The number of phenolic OH excluding ortho intramolecular Hbond substituents is 1. The Morgan fingerprint density at radius 1 is 1.28 bits per heavy atom. The maximum absolute atomic E-state index is 12.6. The first-order valence-electron chi connectivity index (χ1n) is 7.70. The summed E-state index contributed by atoms with van der Waals surface area (Å²) in [7, 11) is -3.50. The van der Waals surface area contributed by atoms with Gasteiger partial charge in [0.1, 0.15) is 9.96 Å². The Morgan fingerprint density at radius 2 is 2.00 bits per heavy atom. The SMILES string of the molecule is O=C(c1cc(Br)ccc1O)N1CCC(NS(=O)(=O)c2cccs2)CC1. The van der Waals surface area contributed by atoms with Crippen LogP contribution in [0.2, 0.25) is 0 Å². The Hall–Kier alpha value is -1.42. The van der Waals surface area contributed by atoms with E-state index in [1.807, 2.05) is 0 Å². The lowest BCUT2D eigenvalue weighted by atomic mass is 10.0. The first-order chi connectivity index (χ1) is 11.9. The molecule has 0 unspecified atom stereocenters. The molecule has 2 heterocycles. The number of halogens is 1. The minimum absolute atomic E-state index is 0.0614. The van der Waals surface area contributed by atoms with Crippen LogP contribution in [0.5, 0.6) is 5.75 Å². The largest absolute Gasteiger partial charge is 0.507 e. The van der Waals surface area contributed by atoms with Crippen LogP contribution in [-0.2, 0) is 10.0 Å². The Kier molecular flexibility index (Phi) is 5.47. The number of benzene rings is 1. The number of aromatic hydroxyl groups is 1. The highest BCUT2D eigenvalue weighted by Crippen LogP contribution is 2.25. The average molecular weight is 445 g/mol. The number of carbonyl (C=O) groups excluding carboxylic acids is 1. The monoisotopic (exact) mass is 444 g/mol. The van der Waals surface area contributed by atoms with E-state index < -0.39 is 10.0 Å². The van der Waals surface area contributed by atoms with Crippen molar-refractivity contribution >= 4 is 43.2 Å². The predicted octanol–water partition coefficient (Wildman–Crippen LogP) is 2.80. The van der Waals surface area contributed by atoms with Crippen molar-refractivity contribution in [1.29, 1.82) is 0 Å². The number of likely N-dealkylation sites (tertiary alicyclic amines) is 1. The van der Waals surface area contributed by atoms with Crippen molar-refractivity contribution in [2.24, 2.45) is 0 Å². The van der Waals surface area contributed by atoms with E-state index in [0.29, 0.717) is 34.6 Å². The summed E-state index contributed by atoms with van der Waals surface area (Å²) >= 11 is 4.47. The molecule has 9 heteroatoms. The van der Waals surface area contributed by atoms with E-state index >= 15 is 0 Å². The van der Waals surface area contributed by atoms with E-state index in [1.54, 1.807) is 34.5 Å². The van der Waals surface area contributed by atoms with Crippen LogP contribution in [0.4, 0.5) is 0 Å². The van der Waals surface area contributed by atoms with Crippen molar-refractivity contribution in [3.8, 4) is 5.75 Å². The van der Waals surface area contributed by atoms with Crippen molar-refractivity contribution in [1.82, 2.24) is 9.62 Å². The molecule has 0 bridgehead atoms. The van der Waals surface area contributed by atoms with Gasteiger partial charge in [-0.3, -0.25) is 4.79 Å². The van der Waals surface area contributed by atoms with Crippen molar-refractivity contribution in [2.75, 3.05) is 13.1 Å². The summed E-state index contributed by atoms with van der Waals surface area (Å²) < 4.78 is 28.2. The van der Waals surface area contributed by atoms with Gasteiger partial charge in [0, 0.05) is 23.6 Å². The van der Waals surface area contributed by atoms with Crippen molar-refractivity contribution in [2.45, 2.75) is 23.1 Å². The van der Waals surface area contributed by atoms with E-state index in [1.165, 1.54) is 17.4 Å². The van der Waals surface area contributed by atoms with Gasteiger partial charge in [-0.15, -0.1) is 11.3 Å². The molecule has 25 heavy (non-hydrogen) atoms. The second-order valence-corrected chi connectivity index (χ2v) is 9.59. The summed E-state index contributed by atoms with van der Waals surface area (Å²) in [6.07, 6.45) is 1.07. The molecular weight excluding hydrogens is 428 g/mol. The third-order valence-corrected chi connectivity index (χ3v) is 7.46. The lowest BCUT2D eigenvalue weighted by Gasteiger charge is -2.32. The van der Waals surface area contributed by atoms with Crippen molar-refractivity contribution in [3.05, 3.63) is 45.7 Å². The van der Waals surface area contributed by atoms with E-state index in [2.05, 4.69) is 20.7 Å². The summed E-state index contributed by atoms with van der Waals surface area (Å²) in [6, 6.07) is 7.79. The van der Waals surface area contributed by atoms with Gasteiger partial charge in [0.2, 0.25) is 10.0 Å². The maximum Gasteiger partial charge on any atom is 0.257 e. The van der Waals surface area contributed by atoms with Gasteiger partial charge in [0.15, 0.2) is 0 Å². The molecule has 1 amide bonds. The number of sulfonamides is 1. The van der Waals surface area contributed by atoms with E-state index in [4.69, 9.17) is 0 Å². The molecule has 1 aromatic carbocycles. The summed E-state index contributed by atoms with van der Waals surface area (Å²) in [4.78, 5) is 14.2. The van der Waals surface area contributed by atoms with Crippen LogP contribution in [-0.4, -0.2) is 43.5 Å². The second-order valence-electron chi connectivity index (χ2n) is 5.78. The Balaban J connectivity index is 1.62. The molecule has 0 saturated carbocycles. The molecule has 0 atom stereocenters. The molecule has 0 radical (unpaired) electrons. The molecule has 1 aliphatic rings. The third kappa shape index (κ3) is 4.22. The number of amides is 1. The van der Waals surface area contributed by atoms with Gasteiger partial charge >= 0.3 is 0 Å². The van der Waals surface area contributed by atoms with Crippen LogP contribution in [0.3, 0.4) is 0 Å². The van der Waals surface area contributed by atoms with Gasteiger partial charge < -0.3 is 10.0 Å². The number of phenols is 1. The summed E-state index contributed by atoms with van der Waals surface area (Å²) in [5.41, 5.74) is 0.243. The number of nitrogens with one attached hydrogen (secondary N) is 1. The van der Waals surface area contributed by atoms with Crippen molar-refractivity contribution < 1.29 is 18.3 Å². The average Bonchev–Trinajstić information content (AvgIpc) is 3.12. The predicted molar refractivity (Wildman–Crippen MR) is 99.4 cm³/mol. The molecule has 0 aliphatic carbocycles. The molecule has 1 fully saturated rings. The first kappa shape index (κ1) is 18.4. The highest BCUT2D eigenvalue weighted by Gasteiger charge is 2.28. The van der Waals surface area contributed by atoms with Crippen LogP contribution in [0.15, 0.2) is 44.4 Å². The molecule has 1 saturated heterocycles. The summed E-state index contributed by atoms with van der Waals surface area (Å²) in [5, 5.41) is 11.6. The number of thiophene rings is 1. The fourth-order valence-corrected chi connectivity index (χ4v) is 5.42. The Labute approximate surface area is 158 Å². The minimum Gasteiger partial charge on any atom is -0.507 e. The van der Waals surface area contributed by atoms with Gasteiger partial charge in [0.05, 0.1) is 5.56 Å². The number of piperidine rings is 1. The van der Waals surface area contributed by atoms with E-state index in [9.17, 15) is 18.3 Å². The highest BCUT2D eigenvalue weighted by atomic mass is 79.9. The zero-order valence-electron chi connectivity index (χ0n) is 13.2. The normalized spacial score (nSPS) is 16.1. The number of hydrogen-bond donors (Lipinski definition) is 2. The van der Waals surface area contributed by atoms with E-state index in [-0.39, 0.29) is 23.3 Å². The molecule has 0 spiro atoms. The van der Waals surface area contributed by atoms with Gasteiger partial charge in [-0.05, 0) is 42.5 Å². The number of carbonyl (C=O) groups is 1. The minimum atomic E-state index is -3.50. The third-order valence-electron chi connectivity index (χ3n) is 4.05. The fraction of sp³-hybridized carbons (Fsp3) is 0.312. The zero-order valence-corrected chi connectivity index (χ0v) is 16.4. The lowest BCUT2D eigenvalue weighted by Crippen LogP contribution is -2.46. The molecule has 1 aliphatic heterocycles. The molecule has 2 N–H and O–H groups in total. The maximum atomic E-state index is 12.6. The van der Waals surface area contributed by atoms with Gasteiger partial charge in [-0.2, -0.15) is 0 Å². The smallest absolute Gasteiger partial charge is 0.257 e. The lowest BCUT2D eigenvalue weighted by molar-refractivity contribution is 0.0708. The molecular formula is C16H17BrN2O4S2. The number of rotatable bonds is 4. The molecule has 6 nitrogen and oxygen atoms in total. The Morgan fingerprint density at radius 3 is 2.64 bits per heavy atom.